The Labute approximate surface area is 115 Å². The predicted octanol–water partition coefficient (Wildman–Crippen LogP) is 3.05. The molecule has 0 saturated heterocycles. The number of para-hydroxylation sites is 1. The smallest absolute Gasteiger partial charge is 0.260 e. The van der Waals surface area contributed by atoms with Crippen molar-refractivity contribution >= 4 is 5.69 Å². The lowest BCUT2D eigenvalue weighted by Crippen LogP contribution is -1.92. The summed E-state index contributed by atoms with van der Waals surface area (Å²) >= 11 is 0. The van der Waals surface area contributed by atoms with E-state index in [0.29, 0.717) is 29.4 Å². The first-order valence-electron chi connectivity index (χ1n) is 6.14. The van der Waals surface area contributed by atoms with Crippen molar-refractivity contribution in [3.05, 3.63) is 65.7 Å². The minimum Gasteiger partial charge on any atom is -0.398 e. The summed E-state index contributed by atoms with van der Waals surface area (Å²) in [5.74, 6) is 0.662. The van der Waals surface area contributed by atoms with Gasteiger partial charge in [0, 0.05) is 12.1 Å². The Morgan fingerprint density at radius 3 is 2.55 bits per heavy atom. The summed E-state index contributed by atoms with van der Waals surface area (Å²) < 4.78 is 18.0. The van der Waals surface area contributed by atoms with Gasteiger partial charge in [-0.15, -0.1) is 0 Å². The summed E-state index contributed by atoms with van der Waals surface area (Å²) in [6.45, 7) is 0. The molecule has 0 saturated carbocycles. The minimum atomic E-state index is -0.264. The van der Waals surface area contributed by atoms with Crippen molar-refractivity contribution < 1.29 is 8.91 Å². The van der Waals surface area contributed by atoms with Crippen LogP contribution in [0.3, 0.4) is 0 Å². The van der Waals surface area contributed by atoms with Gasteiger partial charge in [-0.3, -0.25) is 0 Å². The van der Waals surface area contributed by atoms with Gasteiger partial charge in [0.05, 0.1) is 5.56 Å². The summed E-state index contributed by atoms with van der Waals surface area (Å²) in [6.07, 6.45) is 0.483. The molecular formula is C15H12FN3O. The SMILES string of the molecule is Nc1ccccc1-c1nc(Cc2ccc(F)cc2)no1. The normalized spacial score (nSPS) is 10.7. The van der Waals surface area contributed by atoms with Crippen LogP contribution in [0.25, 0.3) is 11.5 Å². The average molecular weight is 269 g/mol. The number of anilines is 1. The van der Waals surface area contributed by atoms with Crippen molar-refractivity contribution in [3.8, 4) is 11.5 Å². The van der Waals surface area contributed by atoms with Crippen LogP contribution in [0.2, 0.25) is 0 Å². The quantitative estimate of drug-likeness (QED) is 0.742. The maximum atomic E-state index is 12.8. The Hall–Kier alpha value is -2.69. The van der Waals surface area contributed by atoms with Gasteiger partial charge in [-0.2, -0.15) is 4.98 Å². The Bertz CT molecular complexity index is 722. The van der Waals surface area contributed by atoms with Gasteiger partial charge in [-0.1, -0.05) is 29.4 Å². The van der Waals surface area contributed by atoms with Crippen LogP contribution in [0.5, 0.6) is 0 Å². The lowest BCUT2D eigenvalue weighted by atomic mass is 10.1. The molecular weight excluding hydrogens is 257 g/mol. The third-order valence-corrected chi connectivity index (χ3v) is 2.93. The number of aromatic nitrogens is 2. The Balaban J connectivity index is 1.84. The van der Waals surface area contributed by atoms with Crippen molar-refractivity contribution in [2.75, 3.05) is 5.73 Å². The van der Waals surface area contributed by atoms with Crippen LogP contribution in [0.4, 0.5) is 10.1 Å². The van der Waals surface area contributed by atoms with Crippen LogP contribution >= 0.6 is 0 Å². The molecule has 0 fully saturated rings. The van der Waals surface area contributed by atoms with Crippen LogP contribution in [0, 0.1) is 5.82 Å². The van der Waals surface area contributed by atoms with Gasteiger partial charge in [-0.05, 0) is 29.8 Å². The highest BCUT2D eigenvalue weighted by Crippen LogP contribution is 2.23. The zero-order valence-electron chi connectivity index (χ0n) is 10.6. The maximum Gasteiger partial charge on any atom is 0.260 e. The molecule has 1 aromatic heterocycles. The summed E-state index contributed by atoms with van der Waals surface area (Å²) in [5, 5.41) is 3.92. The van der Waals surface area contributed by atoms with Gasteiger partial charge < -0.3 is 10.3 Å². The third kappa shape index (κ3) is 2.51. The van der Waals surface area contributed by atoms with Gasteiger partial charge in [0.15, 0.2) is 5.82 Å². The van der Waals surface area contributed by atoms with Crippen LogP contribution in [-0.4, -0.2) is 10.1 Å². The summed E-state index contributed by atoms with van der Waals surface area (Å²) in [6, 6.07) is 13.5. The molecule has 0 aliphatic carbocycles. The fourth-order valence-electron chi connectivity index (χ4n) is 1.91. The molecule has 2 aromatic carbocycles. The molecule has 0 aliphatic heterocycles. The third-order valence-electron chi connectivity index (χ3n) is 2.93. The molecule has 0 bridgehead atoms. The van der Waals surface area contributed by atoms with Gasteiger partial charge >= 0.3 is 0 Å². The first-order valence-corrected chi connectivity index (χ1v) is 6.14. The highest BCUT2D eigenvalue weighted by atomic mass is 19.1. The molecule has 0 aliphatic rings. The lowest BCUT2D eigenvalue weighted by Gasteiger charge is -1.98. The fourth-order valence-corrected chi connectivity index (χ4v) is 1.91. The van der Waals surface area contributed by atoms with Crippen LogP contribution in [-0.2, 0) is 6.42 Å². The molecule has 1 heterocycles. The zero-order valence-corrected chi connectivity index (χ0v) is 10.6. The second kappa shape index (κ2) is 5.13. The highest BCUT2D eigenvalue weighted by molar-refractivity contribution is 5.69. The van der Waals surface area contributed by atoms with Crippen molar-refractivity contribution in [2.24, 2.45) is 0 Å². The molecule has 20 heavy (non-hydrogen) atoms. The van der Waals surface area contributed by atoms with E-state index < -0.39 is 0 Å². The number of hydrogen-bond donors (Lipinski definition) is 1. The second-order valence-electron chi connectivity index (χ2n) is 4.41. The average Bonchev–Trinajstić information content (AvgIpc) is 2.90. The summed E-state index contributed by atoms with van der Waals surface area (Å²) in [4.78, 5) is 4.31. The molecule has 100 valence electrons. The molecule has 0 atom stereocenters. The molecule has 0 spiro atoms. The van der Waals surface area contributed by atoms with Crippen molar-refractivity contribution in [1.29, 1.82) is 0 Å². The number of rotatable bonds is 3. The van der Waals surface area contributed by atoms with Crippen LogP contribution in [0.1, 0.15) is 11.4 Å². The monoisotopic (exact) mass is 269 g/mol. The van der Waals surface area contributed by atoms with E-state index >= 15 is 0 Å². The zero-order chi connectivity index (χ0) is 13.9. The van der Waals surface area contributed by atoms with E-state index in [1.165, 1.54) is 12.1 Å². The van der Waals surface area contributed by atoms with Crippen molar-refractivity contribution in [1.82, 2.24) is 10.1 Å². The van der Waals surface area contributed by atoms with Crippen LogP contribution < -0.4 is 5.73 Å². The predicted molar refractivity (Wildman–Crippen MR) is 73.4 cm³/mol. The Morgan fingerprint density at radius 1 is 1.05 bits per heavy atom. The number of benzene rings is 2. The van der Waals surface area contributed by atoms with E-state index in [2.05, 4.69) is 10.1 Å². The van der Waals surface area contributed by atoms with Crippen molar-refractivity contribution in [2.45, 2.75) is 6.42 Å². The van der Waals surface area contributed by atoms with Crippen LogP contribution in [0.15, 0.2) is 53.1 Å². The molecule has 0 radical (unpaired) electrons. The summed E-state index contributed by atoms with van der Waals surface area (Å²) in [7, 11) is 0. The van der Waals surface area contributed by atoms with E-state index in [9.17, 15) is 4.39 Å². The Kier molecular flexibility index (Phi) is 3.16. The summed E-state index contributed by atoms with van der Waals surface area (Å²) in [5.41, 5.74) is 8.08. The first kappa shape index (κ1) is 12.3. The largest absolute Gasteiger partial charge is 0.398 e. The topological polar surface area (TPSA) is 64.9 Å². The molecule has 0 unspecified atom stereocenters. The van der Waals surface area contributed by atoms with Gasteiger partial charge in [0.1, 0.15) is 5.82 Å². The standard InChI is InChI=1S/C15H12FN3O/c16-11-7-5-10(6-8-11)9-14-18-15(20-19-14)12-3-1-2-4-13(12)17/h1-8H,9,17H2. The van der Waals surface area contributed by atoms with E-state index in [4.69, 9.17) is 10.3 Å². The number of halogens is 1. The molecule has 3 aromatic rings. The Morgan fingerprint density at radius 2 is 1.80 bits per heavy atom. The number of nitrogens with zero attached hydrogens (tertiary/aromatic N) is 2. The molecule has 3 rings (SSSR count). The lowest BCUT2D eigenvalue weighted by molar-refractivity contribution is 0.424. The first-order chi connectivity index (χ1) is 9.72. The second-order valence-corrected chi connectivity index (χ2v) is 4.41. The van der Waals surface area contributed by atoms with Gasteiger partial charge in [0.25, 0.3) is 5.89 Å². The molecule has 0 amide bonds. The van der Waals surface area contributed by atoms with E-state index in [0.717, 1.165) is 5.56 Å². The van der Waals surface area contributed by atoms with Gasteiger partial charge in [0.2, 0.25) is 0 Å². The number of nitrogen functional groups attached to an aromatic ring is 1. The molecule has 2 N–H and O–H groups in total. The van der Waals surface area contributed by atoms with Crippen molar-refractivity contribution in [3.63, 3.8) is 0 Å². The van der Waals surface area contributed by atoms with E-state index in [-0.39, 0.29) is 5.82 Å². The fraction of sp³-hybridized carbons (Fsp3) is 0.0667. The highest BCUT2D eigenvalue weighted by Gasteiger charge is 2.11. The van der Waals surface area contributed by atoms with Gasteiger partial charge in [-0.25, -0.2) is 4.39 Å². The number of hydrogen-bond acceptors (Lipinski definition) is 4. The van der Waals surface area contributed by atoms with E-state index in [1.54, 1.807) is 18.2 Å². The van der Waals surface area contributed by atoms with E-state index in [1.807, 2.05) is 18.2 Å². The molecule has 5 heteroatoms. The molecule has 4 nitrogen and oxygen atoms in total. The minimum absolute atomic E-state index is 0.264. The number of nitrogens with two attached hydrogens (primary N) is 1. The maximum absolute atomic E-state index is 12.8.